The number of fused-ring (bicyclic) bond motifs is 2. The Morgan fingerprint density at radius 3 is 2.47 bits per heavy atom. The van der Waals surface area contributed by atoms with Crippen molar-refractivity contribution in [3.05, 3.63) is 48.0 Å². The third-order valence-electron chi connectivity index (χ3n) is 6.33. The number of Topliss-reactive ketones (excluding diaryl/α,β-unsaturated/α-hetero) is 1. The molecule has 188 valence electrons. The van der Waals surface area contributed by atoms with Gasteiger partial charge in [-0.2, -0.15) is 18.3 Å². The first-order chi connectivity index (χ1) is 17.2. The molecule has 1 saturated heterocycles. The zero-order valence-corrected chi connectivity index (χ0v) is 19.3. The number of ketones is 1. The minimum absolute atomic E-state index is 0.0771. The van der Waals surface area contributed by atoms with Crippen molar-refractivity contribution in [2.45, 2.75) is 38.4 Å². The molecular weight excluding hydrogens is 475 g/mol. The average Bonchev–Trinajstić information content (AvgIpc) is 3.30. The first-order valence-corrected chi connectivity index (χ1v) is 11.7. The van der Waals surface area contributed by atoms with Gasteiger partial charge in [-0.3, -0.25) is 23.7 Å². The van der Waals surface area contributed by atoms with Crippen molar-refractivity contribution in [1.82, 2.24) is 29.0 Å². The Balaban J connectivity index is 1.63. The fourth-order valence-electron chi connectivity index (χ4n) is 4.54. The van der Waals surface area contributed by atoms with Crippen LogP contribution in [0.5, 0.6) is 0 Å². The number of halogens is 3. The summed E-state index contributed by atoms with van der Waals surface area (Å²) in [5.74, 6) is -0.595. The van der Waals surface area contributed by atoms with Gasteiger partial charge in [0.2, 0.25) is 0 Å². The lowest BCUT2D eigenvalue weighted by atomic mass is 10.1. The lowest BCUT2D eigenvalue weighted by Gasteiger charge is -2.19. The van der Waals surface area contributed by atoms with E-state index in [2.05, 4.69) is 15.1 Å². The summed E-state index contributed by atoms with van der Waals surface area (Å²) in [5.41, 5.74) is 7.11. The smallest absolute Gasteiger partial charge is 0.337 e. The van der Waals surface area contributed by atoms with Crippen LogP contribution in [0.15, 0.2) is 36.8 Å². The van der Waals surface area contributed by atoms with Crippen LogP contribution >= 0.6 is 0 Å². The van der Waals surface area contributed by atoms with Crippen molar-refractivity contribution >= 4 is 28.2 Å². The fourth-order valence-corrected chi connectivity index (χ4v) is 4.54. The molecule has 12 heteroatoms. The second-order valence-electron chi connectivity index (χ2n) is 8.83. The third kappa shape index (κ3) is 4.55. The highest BCUT2D eigenvalue weighted by atomic mass is 19.4. The van der Waals surface area contributed by atoms with Crippen LogP contribution in [-0.2, 0) is 6.54 Å². The van der Waals surface area contributed by atoms with Gasteiger partial charge in [0.15, 0.2) is 5.78 Å². The second kappa shape index (κ2) is 9.34. The highest BCUT2D eigenvalue weighted by molar-refractivity contribution is 5.99. The molecule has 5 heterocycles. The van der Waals surface area contributed by atoms with Gasteiger partial charge in [0.05, 0.1) is 24.0 Å². The number of nitrogens with zero attached hydrogens (tertiary/aromatic N) is 6. The Bertz CT molecular complexity index is 1450. The predicted octanol–water partition coefficient (Wildman–Crippen LogP) is 3.47. The van der Waals surface area contributed by atoms with Gasteiger partial charge in [-0.25, -0.2) is 4.98 Å². The van der Waals surface area contributed by atoms with Crippen LogP contribution in [0.3, 0.4) is 0 Å². The largest absolute Gasteiger partial charge is 0.408 e. The van der Waals surface area contributed by atoms with E-state index in [1.807, 2.05) is 0 Å². The van der Waals surface area contributed by atoms with Gasteiger partial charge in [0.25, 0.3) is 5.91 Å². The molecule has 0 aromatic carbocycles. The molecule has 0 spiro atoms. The zero-order chi connectivity index (χ0) is 25.4. The molecule has 0 radical (unpaired) electrons. The molecule has 2 N–H and O–H groups in total. The van der Waals surface area contributed by atoms with E-state index in [1.165, 1.54) is 24.7 Å². The molecule has 0 unspecified atom stereocenters. The number of hydrogen-bond acceptors (Lipinski definition) is 6. The first-order valence-electron chi connectivity index (χ1n) is 11.7. The lowest BCUT2D eigenvalue weighted by molar-refractivity contribution is -0.141. The van der Waals surface area contributed by atoms with Crippen LogP contribution in [0.2, 0.25) is 0 Å². The van der Waals surface area contributed by atoms with E-state index in [0.717, 1.165) is 30.4 Å². The molecule has 1 fully saturated rings. The van der Waals surface area contributed by atoms with Crippen molar-refractivity contribution in [2.24, 2.45) is 5.73 Å². The minimum atomic E-state index is -4.53. The van der Waals surface area contributed by atoms with Crippen LogP contribution in [0.1, 0.15) is 46.5 Å². The number of hydrogen-bond donors (Lipinski definition) is 1. The maximum Gasteiger partial charge on any atom is 0.408 e. The van der Waals surface area contributed by atoms with Crippen LogP contribution in [0, 0.1) is 0 Å². The molecule has 1 aliphatic rings. The van der Waals surface area contributed by atoms with Crippen LogP contribution in [0.4, 0.5) is 13.2 Å². The number of alkyl halides is 3. The maximum absolute atomic E-state index is 13.4. The zero-order valence-electron chi connectivity index (χ0n) is 19.3. The number of imidazole rings is 1. The summed E-state index contributed by atoms with van der Waals surface area (Å²) in [4.78, 5) is 35.5. The number of carbonyl (C=O) groups excluding carboxylic acids is 2. The van der Waals surface area contributed by atoms with Gasteiger partial charge in [-0.1, -0.05) is 12.8 Å². The highest BCUT2D eigenvalue weighted by Gasteiger charge is 2.31. The number of amides is 1. The summed E-state index contributed by atoms with van der Waals surface area (Å²) >= 11 is 0. The number of likely N-dealkylation sites (tertiary alicyclic amines) is 1. The fraction of sp³-hybridized carbons (Fsp3) is 0.375. The van der Waals surface area contributed by atoms with E-state index in [0.29, 0.717) is 35.4 Å². The number of nitrogens with two attached hydrogens (primary N) is 1. The second-order valence-corrected chi connectivity index (χ2v) is 8.83. The van der Waals surface area contributed by atoms with Crippen molar-refractivity contribution in [2.75, 3.05) is 19.6 Å². The molecule has 0 saturated carbocycles. The molecular formula is C24H24F3N7O2. The van der Waals surface area contributed by atoms with E-state index >= 15 is 0 Å². The average molecular weight is 499 g/mol. The lowest BCUT2D eigenvalue weighted by Crippen LogP contribution is -2.32. The third-order valence-corrected chi connectivity index (χ3v) is 6.33. The summed E-state index contributed by atoms with van der Waals surface area (Å²) in [5, 5.41) is 4.59. The van der Waals surface area contributed by atoms with Gasteiger partial charge in [-0.05, 0) is 31.0 Å². The molecule has 0 aliphatic carbocycles. The van der Waals surface area contributed by atoms with Gasteiger partial charge in [0, 0.05) is 36.4 Å². The Kier molecular flexibility index (Phi) is 6.20. The predicted molar refractivity (Wildman–Crippen MR) is 126 cm³/mol. The minimum Gasteiger partial charge on any atom is -0.337 e. The molecule has 9 nitrogen and oxygen atoms in total. The van der Waals surface area contributed by atoms with Gasteiger partial charge in [0.1, 0.15) is 23.6 Å². The molecule has 1 amide bonds. The Hall–Kier alpha value is -3.80. The Morgan fingerprint density at radius 1 is 1.03 bits per heavy atom. The van der Waals surface area contributed by atoms with E-state index < -0.39 is 12.7 Å². The SMILES string of the molecule is NCC(=O)c1ccc2ncc(-c3nn(CC(F)(F)F)c4cc(C(=O)N5CCCCCC5)ncc34)n2c1. The van der Waals surface area contributed by atoms with Gasteiger partial charge >= 0.3 is 6.18 Å². The summed E-state index contributed by atoms with van der Waals surface area (Å²) in [6.07, 6.45) is 3.69. The molecule has 36 heavy (non-hydrogen) atoms. The standard InChI is InChI=1S/C24H24F3N7O2/c25-24(26,27)14-34-18-9-17(23(36)32-7-3-1-2-4-8-32)29-11-16(18)22(31-34)19-12-30-21-6-5-15(13-33(19)21)20(35)10-28/h5-6,9,11-13H,1-4,7-8,10,14,28H2. The summed E-state index contributed by atoms with van der Waals surface area (Å²) in [6.45, 7) is -0.330. The van der Waals surface area contributed by atoms with E-state index in [1.54, 1.807) is 21.4 Å². The van der Waals surface area contributed by atoms with Gasteiger partial charge < -0.3 is 10.6 Å². The van der Waals surface area contributed by atoms with Crippen LogP contribution in [0.25, 0.3) is 27.9 Å². The molecule has 4 aromatic heterocycles. The number of carbonyl (C=O) groups is 2. The molecule has 4 aromatic rings. The summed E-state index contributed by atoms with van der Waals surface area (Å²) in [6, 6.07) is 4.58. The molecule has 0 atom stereocenters. The normalized spacial score (nSPS) is 14.9. The van der Waals surface area contributed by atoms with Crippen molar-refractivity contribution in [3.63, 3.8) is 0 Å². The topological polar surface area (TPSA) is 111 Å². The maximum atomic E-state index is 13.4. The first kappa shape index (κ1) is 23.9. The van der Waals surface area contributed by atoms with Crippen LogP contribution < -0.4 is 5.73 Å². The van der Waals surface area contributed by atoms with E-state index in [9.17, 15) is 22.8 Å². The van der Waals surface area contributed by atoms with Crippen LogP contribution in [-0.4, -0.2) is 66.6 Å². The van der Waals surface area contributed by atoms with Crippen molar-refractivity contribution in [3.8, 4) is 11.4 Å². The molecule has 0 bridgehead atoms. The monoisotopic (exact) mass is 499 g/mol. The highest BCUT2D eigenvalue weighted by Crippen LogP contribution is 2.31. The molecule has 1 aliphatic heterocycles. The Morgan fingerprint density at radius 2 is 1.78 bits per heavy atom. The Labute approximate surface area is 203 Å². The van der Waals surface area contributed by atoms with E-state index in [4.69, 9.17) is 5.73 Å². The van der Waals surface area contributed by atoms with Crippen molar-refractivity contribution in [1.29, 1.82) is 0 Å². The quantitative estimate of drug-likeness (QED) is 0.421. The van der Waals surface area contributed by atoms with Crippen molar-refractivity contribution < 1.29 is 22.8 Å². The van der Waals surface area contributed by atoms with E-state index in [-0.39, 0.29) is 35.1 Å². The van der Waals surface area contributed by atoms with Gasteiger partial charge in [-0.15, -0.1) is 0 Å². The number of rotatable bonds is 5. The number of aromatic nitrogens is 5. The number of pyridine rings is 2. The summed E-state index contributed by atoms with van der Waals surface area (Å²) in [7, 11) is 0. The summed E-state index contributed by atoms with van der Waals surface area (Å²) < 4.78 is 42.7. The molecule has 5 rings (SSSR count).